The number of hydrogen-bond donors (Lipinski definition) is 1. The lowest BCUT2D eigenvalue weighted by atomic mass is 9.90. The lowest BCUT2D eigenvalue weighted by Crippen LogP contribution is -2.27. The van der Waals surface area contributed by atoms with Crippen molar-refractivity contribution in [1.29, 1.82) is 0 Å². The summed E-state index contributed by atoms with van der Waals surface area (Å²) in [5, 5.41) is 10.1. The van der Waals surface area contributed by atoms with Gasteiger partial charge in [0.15, 0.2) is 0 Å². The van der Waals surface area contributed by atoms with E-state index in [1.807, 2.05) is 12.3 Å². The van der Waals surface area contributed by atoms with Gasteiger partial charge in [-0.2, -0.15) is 0 Å². The molecule has 0 aromatic carbocycles. The van der Waals surface area contributed by atoms with E-state index in [-0.39, 0.29) is 6.10 Å². The zero-order valence-corrected chi connectivity index (χ0v) is 9.51. The Morgan fingerprint density at radius 2 is 2.25 bits per heavy atom. The number of aliphatic hydroxyl groups is 1. The summed E-state index contributed by atoms with van der Waals surface area (Å²) in [5.41, 5.74) is 1.20. The van der Waals surface area contributed by atoms with Crippen LogP contribution in [-0.4, -0.2) is 29.4 Å². The topological polar surface area (TPSA) is 42.4 Å². The molecule has 16 heavy (non-hydrogen) atoms. The third-order valence-electron chi connectivity index (χ3n) is 3.26. The Balaban J connectivity index is 1.76. The van der Waals surface area contributed by atoms with Crippen molar-refractivity contribution in [1.82, 2.24) is 4.98 Å². The Morgan fingerprint density at radius 3 is 2.94 bits per heavy atom. The lowest BCUT2D eigenvalue weighted by Gasteiger charge is -2.26. The average molecular weight is 221 g/mol. The molecule has 1 fully saturated rings. The monoisotopic (exact) mass is 221 g/mol. The summed E-state index contributed by atoms with van der Waals surface area (Å²) in [5.74, 6) is 0.422. The van der Waals surface area contributed by atoms with E-state index >= 15 is 0 Å². The first-order valence-electron chi connectivity index (χ1n) is 6.01. The van der Waals surface area contributed by atoms with Crippen molar-refractivity contribution < 1.29 is 9.84 Å². The molecule has 1 N–H and O–H groups in total. The third-order valence-corrected chi connectivity index (χ3v) is 3.26. The highest BCUT2D eigenvalue weighted by Crippen LogP contribution is 2.21. The Labute approximate surface area is 96.5 Å². The van der Waals surface area contributed by atoms with E-state index in [0.717, 1.165) is 38.9 Å². The first kappa shape index (κ1) is 11.6. The van der Waals surface area contributed by atoms with Crippen LogP contribution in [0.4, 0.5) is 0 Å². The normalized spacial score (nSPS) is 19.6. The maximum atomic E-state index is 10.1. The van der Waals surface area contributed by atoms with Gasteiger partial charge in [0.1, 0.15) is 0 Å². The van der Waals surface area contributed by atoms with Gasteiger partial charge in [0.2, 0.25) is 0 Å². The number of aromatic nitrogens is 1. The number of hydrogen-bond acceptors (Lipinski definition) is 3. The van der Waals surface area contributed by atoms with E-state index in [1.54, 1.807) is 6.20 Å². The zero-order valence-electron chi connectivity index (χ0n) is 9.51. The highest BCUT2D eigenvalue weighted by Gasteiger charge is 2.21. The summed E-state index contributed by atoms with van der Waals surface area (Å²) in [4.78, 5) is 4.07. The average Bonchev–Trinajstić information content (AvgIpc) is 2.38. The van der Waals surface area contributed by atoms with Gasteiger partial charge >= 0.3 is 0 Å². The van der Waals surface area contributed by atoms with Crippen molar-refractivity contribution in [3.05, 3.63) is 30.1 Å². The minimum atomic E-state index is -0.191. The maximum Gasteiger partial charge on any atom is 0.0573 e. The van der Waals surface area contributed by atoms with Gasteiger partial charge in [-0.3, -0.25) is 4.98 Å². The largest absolute Gasteiger partial charge is 0.393 e. The summed E-state index contributed by atoms with van der Waals surface area (Å²) in [6.45, 7) is 1.60. The molecule has 0 bridgehead atoms. The number of aryl methyl sites for hydroxylation is 1. The maximum absolute atomic E-state index is 10.1. The van der Waals surface area contributed by atoms with E-state index in [9.17, 15) is 5.11 Å². The number of aliphatic hydroxyl groups excluding tert-OH is 1. The van der Waals surface area contributed by atoms with Gasteiger partial charge in [0.25, 0.3) is 0 Å². The van der Waals surface area contributed by atoms with E-state index in [1.165, 1.54) is 5.56 Å². The molecular formula is C13H19NO2. The molecule has 2 rings (SSSR count). The molecule has 1 aromatic heterocycles. The molecular weight excluding hydrogens is 202 g/mol. The molecule has 1 atom stereocenters. The van der Waals surface area contributed by atoms with Crippen LogP contribution in [0, 0.1) is 5.92 Å². The van der Waals surface area contributed by atoms with Crippen LogP contribution in [0.25, 0.3) is 0 Å². The molecule has 1 aromatic rings. The molecule has 3 heteroatoms. The molecule has 0 aliphatic carbocycles. The van der Waals surface area contributed by atoms with Gasteiger partial charge in [0.05, 0.1) is 6.10 Å². The third kappa shape index (κ3) is 3.29. The van der Waals surface area contributed by atoms with E-state index in [0.29, 0.717) is 5.92 Å². The van der Waals surface area contributed by atoms with Gasteiger partial charge in [-0.15, -0.1) is 0 Å². The smallest absolute Gasteiger partial charge is 0.0573 e. The number of nitrogens with zero attached hydrogens (tertiary/aromatic N) is 1. The van der Waals surface area contributed by atoms with Crippen molar-refractivity contribution in [3.63, 3.8) is 0 Å². The molecule has 0 saturated carbocycles. The Kier molecular flexibility index (Phi) is 4.31. The van der Waals surface area contributed by atoms with Gasteiger partial charge in [-0.25, -0.2) is 0 Å². The fraction of sp³-hybridized carbons (Fsp3) is 0.615. The number of rotatable bonds is 4. The van der Waals surface area contributed by atoms with Crippen molar-refractivity contribution in [2.24, 2.45) is 5.92 Å². The minimum Gasteiger partial charge on any atom is -0.393 e. The van der Waals surface area contributed by atoms with Gasteiger partial charge in [-0.1, -0.05) is 6.07 Å². The van der Waals surface area contributed by atoms with Gasteiger partial charge in [-0.05, 0) is 43.2 Å². The Morgan fingerprint density at radius 1 is 1.44 bits per heavy atom. The summed E-state index contributed by atoms with van der Waals surface area (Å²) in [7, 11) is 0. The van der Waals surface area contributed by atoms with E-state index < -0.39 is 0 Å². The second-order valence-electron chi connectivity index (χ2n) is 4.42. The number of pyridine rings is 1. The van der Waals surface area contributed by atoms with Crippen LogP contribution in [0.3, 0.4) is 0 Å². The first-order chi connectivity index (χ1) is 7.86. The van der Waals surface area contributed by atoms with E-state index in [4.69, 9.17) is 4.74 Å². The Bertz CT molecular complexity index is 296. The fourth-order valence-electron chi connectivity index (χ4n) is 2.20. The molecule has 0 amide bonds. The van der Waals surface area contributed by atoms with Crippen molar-refractivity contribution in [2.75, 3.05) is 13.2 Å². The molecule has 1 aliphatic rings. The fourth-order valence-corrected chi connectivity index (χ4v) is 2.20. The molecule has 3 nitrogen and oxygen atoms in total. The highest BCUT2D eigenvalue weighted by atomic mass is 16.5. The number of ether oxygens (including phenoxy) is 1. The second-order valence-corrected chi connectivity index (χ2v) is 4.42. The SMILES string of the molecule is OC(CCc1cccnc1)C1CCOCC1. The minimum absolute atomic E-state index is 0.191. The van der Waals surface area contributed by atoms with Gasteiger partial charge in [0, 0.05) is 25.6 Å². The first-order valence-corrected chi connectivity index (χ1v) is 6.01. The van der Waals surface area contributed by atoms with Crippen LogP contribution in [0.1, 0.15) is 24.8 Å². The molecule has 1 unspecified atom stereocenters. The van der Waals surface area contributed by atoms with E-state index in [2.05, 4.69) is 11.1 Å². The van der Waals surface area contributed by atoms with Crippen molar-refractivity contribution >= 4 is 0 Å². The summed E-state index contributed by atoms with van der Waals surface area (Å²) < 4.78 is 5.29. The summed E-state index contributed by atoms with van der Waals surface area (Å²) in [6, 6.07) is 4.00. The summed E-state index contributed by atoms with van der Waals surface area (Å²) >= 11 is 0. The predicted molar refractivity (Wildman–Crippen MR) is 62.1 cm³/mol. The molecule has 0 radical (unpaired) electrons. The molecule has 2 heterocycles. The van der Waals surface area contributed by atoms with Gasteiger partial charge < -0.3 is 9.84 Å². The van der Waals surface area contributed by atoms with Crippen LogP contribution >= 0.6 is 0 Å². The molecule has 0 spiro atoms. The van der Waals surface area contributed by atoms with Crippen LogP contribution in [-0.2, 0) is 11.2 Å². The summed E-state index contributed by atoms with van der Waals surface area (Å²) in [6.07, 6.45) is 7.18. The molecule has 1 aliphatic heterocycles. The zero-order chi connectivity index (χ0) is 11.2. The second kappa shape index (κ2) is 5.97. The molecule has 1 saturated heterocycles. The van der Waals surface area contributed by atoms with Crippen LogP contribution in [0.15, 0.2) is 24.5 Å². The standard InChI is InChI=1S/C13H19NO2/c15-13(12-5-8-16-9-6-12)4-3-11-2-1-7-14-10-11/h1-2,7,10,12-13,15H,3-6,8-9H2. The van der Waals surface area contributed by atoms with Crippen LogP contribution in [0.5, 0.6) is 0 Å². The van der Waals surface area contributed by atoms with Crippen LogP contribution in [0.2, 0.25) is 0 Å². The van der Waals surface area contributed by atoms with Crippen LogP contribution < -0.4 is 0 Å². The lowest BCUT2D eigenvalue weighted by molar-refractivity contribution is 0.00515. The molecule has 88 valence electrons. The van der Waals surface area contributed by atoms with Crippen molar-refractivity contribution in [2.45, 2.75) is 31.8 Å². The quantitative estimate of drug-likeness (QED) is 0.843. The Hall–Kier alpha value is -0.930. The predicted octanol–water partition coefficient (Wildman–Crippen LogP) is 1.80. The highest BCUT2D eigenvalue weighted by molar-refractivity contribution is 5.08. The van der Waals surface area contributed by atoms with Crippen molar-refractivity contribution in [3.8, 4) is 0 Å².